The zero-order chi connectivity index (χ0) is 19.3. The summed E-state index contributed by atoms with van der Waals surface area (Å²) < 4.78 is 13.1. The molecule has 2 aromatic carbocycles. The summed E-state index contributed by atoms with van der Waals surface area (Å²) >= 11 is 0. The van der Waals surface area contributed by atoms with Crippen molar-refractivity contribution in [1.29, 1.82) is 0 Å². The number of rotatable bonds is 7. The van der Waals surface area contributed by atoms with E-state index in [0.29, 0.717) is 19.0 Å². The lowest BCUT2D eigenvalue weighted by Crippen LogP contribution is -2.30. The van der Waals surface area contributed by atoms with Crippen LogP contribution >= 0.6 is 0 Å². The molecule has 4 aromatic rings. The SMILES string of the molecule is CN(CCn1ccc2ccccc21)C(=O)c1coc(COc2ccccc2)n1. The Hall–Kier alpha value is -3.54. The van der Waals surface area contributed by atoms with Crippen molar-refractivity contribution in [2.45, 2.75) is 13.2 Å². The number of aromatic nitrogens is 2. The molecule has 142 valence electrons. The van der Waals surface area contributed by atoms with Gasteiger partial charge in [0, 0.05) is 31.9 Å². The van der Waals surface area contributed by atoms with Crippen molar-refractivity contribution in [2.24, 2.45) is 0 Å². The van der Waals surface area contributed by atoms with Gasteiger partial charge in [0.1, 0.15) is 12.0 Å². The normalized spacial score (nSPS) is 10.9. The summed E-state index contributed by atoms with van der Waals surface area (Å²) in [5.74, 6) is 0.924. The van der Waals surface area contributed by atoms with E-state index in [2.05, 4.69) is 27.8 Å². The minimum Gasteiger partial charge on any atom is -0.484 e. The molecule has 28 heavy (non-hydrogen) atoms. The van der Waals surface area contributed by atoms with E-state index in [1.807, 2.05) is 48.7 Å². The quantitative estimate of drug-likeness (QED) is 0.490. The zero-order valence-corrected chi connectivity index (χ0v) is 15.6. The fourth-order valence-electron chi connectivity index (χ4n) is 3.03. The van der Waals surface area contributed by atoms with Crippen molar-refractivity contribution < 1.29 is 13.9 Å². The van der Waals surface area contributed by atoms with Crippen molar-refractivity contribution >= 4 is 16.8 Å². The molecule has 1 amide bonds. The second-order valence-electron chi connectivity index (χ2n) is 6.52. The van der Waals surface area contributed by atoms with Gasteiger partial charge in [-0.25, -0.2) is 4.98 Å². The van der Waals surface area contributed by atoms with Gasteiger partial charge >= 0.3 is 0 Å². The molecule has 0 aliphatic carbocycles. The molecule has 0 aliphatic heterocycles. The number of benzene rings is 2. The molecule has 0 bridgehead atoms. The van der Waals surface area contributed by atoms with E-state index in [0.717, 1.165) is 11.3 Å². The third-order valence-corrected chi connectivity index (χ3v) is 4.58. The van der Waals surface area contributed by atoms with Crippen LogP contribution in [0.5, 0.6) is 5.75 Å². The summed E-state index contributed by atoms with van der Waals surface area (Å²) in [5, 5.41) is 1.19. The van der Waals surface area contributed by atoms with Gasteiger partial charge in [-0.3, -0.25) is 4.79 Å². The van der Waals surface area contributed by atoms with Crippen molar-refractivity contribution in [3.05, 3.63) is 84.7 Å². The van der Waals surface area contributed by atoms with E-state index in [9.17, 15) is 4.79 Å². The lowest BCUT2D eigenvalue weighted by molar-refractivity contribution is 0.0785. The average Bonchev–Trinajstić information content (AvgIpc) is 3.38. The van der Waals surface area contributed by atoms with Gasteiger partial charge in [0.05, 0.1) is 0 Å². The van der Waals surface area contributed by atoms with Gasteiger partial charge in [-0.2, -0.15) is 0 Å². The van der Waals surface area contributed by atoms with Crippen molar-refractivity contribution in [2.75, 3.05) is 13.6 Å². The molecule has 0 radical (unpaired) electrons. The van der Waals surface area contributed by atoms with E-state index in [4.69, 9.17) is 9.15 Å². The molecule has 0 saturated carbocycles. The summed E-state index contributed by atoms with van der Waals surface area (Å²) in [5.41, 5.74) is 1.44. The molecule has 2 aromatic heterocycles. The Morgan fingerprint density at radius 3 is 2.75 bits per heavy atom. The van der Waals surface area contributed by atoms with Gasteiger partial charge in [-0.1, -0.05) is 36.4 Å². The summed E-state index contributed by atoms with van der Waals surface area (Å²) in [4.78, 5) is 18.5. The van der Waals surface area contributed by atoms with Crippen LogP contribution in [0.2, 0.25) is 0 Å². The maximum atomic E-state index is 12.6. The van der Waals surface area contributed by atoms with Crippen LogP contribution in [0.15, 0.2) is 77.5 Å². The Balaban J connectivity index is 1.34. The highest BCUT2D eigenvalue weighted by molar-refractivity contribution is 5.91. The van der Waals surface area contributed by atoms with Crippen LogP contribution in [-0.4, -0.2) is 34.0 Å². The number of hydrogen-bond donors (Lipinski definition) is 0. The number of carbonyl (C=O) groups excluding carboxylic acids is 1. The van der Waals surface area contributed by atoms with Gasteiger partial charge in [0.25, 0.3) is 5.91 Å². The highest BCUT2D eigenvalue weighted by Gasteiger charge is 2.17. The number of carbonyl (C=O) groups is 1. The van der Waals surface area contributed by atoms with Crippen LogP contribution in [0.4, 0.5) is 0 Å². The number of nitrogens with zero attached hydrogens (tertiary/aromatic N) is 3. The first-order valence-electron chi connectivity index (χ1n) is 9.12. The van der Waals surface area contributed by atoms with Gasteiger partial charge in [-0.15, -0.1) is 0 Å². The third-order valence-electron chi connectivity index (χ3n) is 4.58. The molecule has 0 saturated heterocycles. The molecule has 0 unspecified atom stereocenters. The van der Waals surface area contributed by atoms with E-state index in [1.165, 1.54) is 11.6 Å². The Labute approximate surface area is 163 Å². The molecule has 0 N–H and O–H groups in total. The van der Waals surface area contributed by atoms with Crippen molar-refractivity contribution in [1.82, 2.24) is 14.5 Å². The van der Waals surface area contributed by atoms with Gasteiger partial charge < -0.3 is 18.6 Å². The number of amides is 1. The minimum absolute atomic E-state index is 0.175. The molecular weight excluding hydrogens is 354 g/mol. The Kier molecular flexibility index (Phi) is 5.10. The molecule has 0 fully saturated rings. The molecule has 4 rings (SSSR count). The molecular formula is C22H21N3O3. The van der Waals surface area contributed by atoms with Crippen molar-refractivity contribution in [3.63, 3.8) is 0 Å². The molecule has 6 heteroatoms. The average molecular weight is 375 g/mol. The molecule has 0 atom stereocenters. The first-order chi connectivity index (χ1) is 13.7. The Bertz CT molecular complexity index is 1070. The van der Waals surface area contributed by atoms with Crippen LogP contribution in [0, 0.1) is 0 Å². The van der Waals surface area contributed by atoms with Crippen molar-refractivity contribution in [3.8, 4) is 5.75 Å². The monoisotopic (exact) mass is 375 g/mol. The smallest absolute Gasteiger partial charge is 0.275 e. The lowest BCUT2D eigenvalue weighted by Gasteiger charge is -2.16. The second kappa shape index (κ2) is 8.00. The number of para-hydroxylation sites is 2. The van der Waals surface area contributed by atoms with E-state index >= 15 is 0 Å². The maximum absolute atomic E-state index is 12.6. The van der Waals surface area contributed by atoms with E-state index in [1.54, 1.807) is 11.9 Å². The highest BCUT2D eigenvalue weighted by atomic mass is 16.5. The zero-order valence-electron chi connectivity index (χ0n) is 15.6. The molecule has 6 nitrogen and oxygen atoms in total. The summed E-state index contributed by atoms with van der Waals surface area (Å²) in [6.07, 6.45) is 3.42. The maximum Gasteiger partial charge on any atom is 0.275 e. The first kappa shape index (κ1) is 17.9. The van der Waals surface area contributed by atoms with Gasteiger partial charge in [0.2, 0.25) is 5.89 Å². The predicted octanol–water partition coefficient (Wildman–Crippen LogP) is 3.98. The summed E-state index contributed by atoms with van der Waals surface area (Å²) in [6.45, 7) is 1.45. The minimum atomic E-state index is -0.175. The number of ether oxygens (including phenoxy) is 1. The number of hydrogen-bond acceptors (Lipinski definition) is 4. The van der Waals surface area contributed by atoms with Gasteiger partial charge in [-0.05, 0) is 29.7 Å². The lowest BCUT2D eigenvalue weighted by atomic mass is 10.2. The van der Waals surface area contributed by atoms with Gasteiger partial charge in [0.15, 0.2) is 12.3 Å². The Morgan fingerprint density at radius 2 is 1.89 bits per heavy atom. The number of oxazole rings is 1. The van der Waals surface area contributed by atoms with Crippen LogP contribution in [-0.2, 0) is 13.2 Å². The van der Waals surface area contributed by atoms with Crippen LogP contribution in [0.3, 0.4) is 0 Å². The summed E-state index contributed by atoms with van der Waals surface area (Å²) in [7, 11) is 1.77. The topological polar surface area (TPSA) is 60.5 Å². The Morgan fingerprint density at radius 1 is 1.11 bits per heavy atom. The summed E-state index contributed by atoms with van der Waals surface area (Å²) in [6, 6.07) is 19.7. The fourth-order valence-corrected chi connectivity index (χ4v) is 3.03. The first-order valence-corrected chi connectivity index (χ1v) is 9.12. The highest BCUT2D eigenvalue weighted by Crippen LogP contribution is 2.15. The largest absolute Gasteiger partial charge is 0.484 e. The molecule has 0 aliphatic rings. The molecule has 0 spiro atoms. The fraction of sp³-hybridized carbons (Fsp3) is 0.182. The van der Waals surface area contributed by atoms with E-state index < -0.39 is 0 Å². The predicted molar refractivity (Wildman–Crippen MR) is 106 cm³/mol. The third kappa shape index (κ3) is 3.91. The standard InChI is InChI=1S/C22H21N3O3/c1-24(13-14-25-12-11-17-7-5-6-10-20(17)25)22(26)19-15-28-21(23-19)16-27-18-8-3-2-4-9-18/h2-12,15H,13-14,16H2,1H3. The van der Waals surface area contributed by atoms with Crippen LogP contribution < -0.4 is 4.74 Å². The number of fused-ring (bicyclic) bond motifs is 1. The van der Waals surface area contributed by atoms with Crippen LogP contribution in [0.1, 0.15) is 16.4 Å². The van der Waals surface area contributed by atoms with Crippen LogP contribution in [0.25, 0.3) is 10.9 Å². The molecule has 2 heterocycles. The number of likely N-dealkylation sites (N-methyl/N-ethyl adjacent to an activating group) is 1. The second-order valence-corrected chi connectivity index (χ2v) is 6.52. The van der Waals surface area contributed by atoms with E-state index in [-0.39, 0.29) is 18.2 Å².